The molecule has 0 spiro atoms. The third-order valence-electron chi connectivity index (χ3n) is 4.57. The van der Waals surface area contributed by atoms with E-state index in [1.165, 1.54) is 23.6 Å². The number of thioether (sulfide) groups is 1. The van der Waals surface area contributed by atoms with Gasteiger partial charge in [-0.25, -0.2) is 13.6 Å². The number of hydrogen-bond acceptors (Lipinski definition) is 5. The highest BCUT2D eigenvalue weighted by atomic mass is 32.2. The van der Waals surface area contributed by atoms with Crippen molar-refractivity contribution in [1.29, 1.82) is 0 Å². The number of anilines is 1. The first kappa shape index (κ1) is 18.6. The fourth-order valence-electron chi connectivity index (χ4n) is 3.13. The second kappa shape index (κ2) is 6.86. The first-order valence-corrected chi connectivity index (χ1v) is 9.12. The number of carbonyl (C=O) groups is 3. The number of hydrogen-bond donors (Lipinski definition) is 1. The number of benzene rings is 1. The van der Waals surface area contributed by atoms with E-state index in [1.54, 1.807) is 0 Å². The van der Waals surface area contributed by atoms with Crippen molar-refractivity contribution in [3.8, 4) is 0 Å². The summed E-state index contributed by atoms with van der Waals surface area (Å²) in [5.74, 6) is -2.81. The monoisotopic (exact) mass is 384 g/mol. The smallest absolute Gasteiger partial charge is 0.330 e. The van der Waals surface area contributed by atoms with Crippen molar-refractivity contribution in [1.82, 2.24) is 4.90 Å². The van der Waals surface area contributed by atoms with E-state index in [9.17, 15) is 23.2 Å². The molecule has 2 aliphatic heterocycles. The molecule has 2 saturated heterocycles. The summed E-state index contributed by atoms with van der Waals surface area (Å²) in [7, 11) is 0. The lowest BCUT2D eigenvalue weighted by Gasteiger charge is -2.29. The van der Waals surface area contributed by atoms with E-state index in [0.29, 0.717) is 24.7 Å². The average molecular weight is 384 g/mol. The largest absolute Gasteiger partial charge is 0.451 e. The first-order chi connectivity index (χ1) is 12.2. The van der Waals surface area contributed by atoms with E-state index in [-0.39, 0.29) is 11.6 Å². The maximum atomic E-state index is 13.6. The Morgan fingerprint density at radius 2 is 2.15 bits per heavy atom. The number of nitrogens with zero attached hydrogens (tertiary/aromatic N) is 1. The summed E-state index contributed by atoms with van der Waals surface area (Å²) in [5, 5.41) is 2.25. The predicted molar refractivity (Wildman–Crippen MR) is 91.3 cm³/mol. The van der Waals surface area contributed by atoms with Gasteiger partial charge in [-0.1, -0.05) is 0 Å². The van der Waals surface area contributed by atoms with Crippen molar-refractivity contribution in [2.24, 2.45) is 0 Å². The lowest BCUT2D eigenvalue weighted by atomic mass is 10.2. The van der Waals surface area contributed by atoms with Crippen molar-refractivity contribution in [2.45, 2.75) is 43.7 Å². The topological polar surface area (TPSA) is 75.7 Å². The van der Waals surface area contributed by atoms with Crippen LogP contribution < -0.4 is 5.32 Å². The van der Waals surface area contributed by atoms with Crippen LogP contribution in [0.15, 0.2) is 18.2 Å². The van der Waals surface area contributed by atoms with Crippen molar-refractivity contribution in [2.75, 3.05) is 11.1 Å². The van der Waals surface area contributed by atoms with Gasteiger partial charge in [0.2, 0.25) is 5.91 Å². The summed E-state index contributed by atoms with van der Waals surface area (Å²) in [4.78, 5) is 37.7. The molecule has 0 aromatic heterocycles. The van der Waals surface area contributed by atoms with Crippen LogP contribution >= 0.6 is 11.8 Å². The number of nitrogens with one attached hydrogen (secondary N) is 1. The first-order valence-electron chi connectivity index (χ1n) is 8.14. The third-order valence-corrected chi connectivity index (χ3v) is 6.07. The van der Waals surface area contributed by atoms with Gasteiger partial charge >= 0.3 is 5.97 Å². The van der Waals surface area contributed by atoms with E-state index in [4.69, 9.17) is 4.74 Å². The maximum Gasteiger partial charge on any atom is 0.330 e. The summed E-state index contributed by atoms with van der Waals surface area (Å²) >= 11 is 1.52. The fraction of sp³-hybridized carbons (Fsp3) is 0.471. The van der Waals surface area contributed by atoms with Gasteiger partial charge < -0.3 is 15.0 Å². The molecular formula is C17H18F2N2O4S. The third kappa shape index (κ3) is 3.40. The van der Waals surface area contributed by atoms with Gasteiger partial charge in [-0.3, -0.25) is 9.59 Å². The summed E-state index contributed by atoms with van der Waals surface area (Å²) < 4.78 is 31.7. The quantitative estimate of drug-likeness (QED) is 0.806. The number of esters is 1. The van der Waals surface area contributed by atoms with Gasteiger partial charge in [-0.2, -0.15) is 0 Å². The number of halogens is 2. The highest BCUT2D eigenvalue weighted by molar-refractivity contribution is 8.01. The molecule has 9 heteroatoms. The molecule has 0 unspecified atom stereocenters. The number of fused-ring (bicyclic) bond motifs is 1. The molecule has 140 valence electrons. The van der Waals surface area contributed by atoms with Crippen LogP contribution in [0.2, 0.25) is 0 Å². The van der Waals surface area contributed by atoms with E-state index in [0.717, 1.165) is 12.1 Å². The molecule has 0 aliphatic carbocycles. The van der Waals surface area contributed by atoms with Crippen LogP contribution in [-0.2, 0) is 19.1 Å². The van der Waals surface area contributed by atoms with Crippen LogP contribution in [0.5, 0.6) is 0 Å². The molecule has 0 bridgehead atoms. The zero-order valence-corrected chi connectivity index (χ0v) is 15.1. The Balaban J connectivity index is 1.62. The molecule has 2 fully saturated rings. The molecule has 3 atom stereocenters. The Labute approximate surface area is 153 Å². The van der Waals surface area contributed by atoms with Gasteiger partial charge in [0.25, 0.3) is 5.91 Å². The van der Waals surface area contributed by atoms with Crippen LogP contribution in [0, 0.1) is 11.6 Å². The Hall–Kier alpha value is -2.16. The Kier molecular flexibility index (Phi) is 4.92. The molecule has 26 heavy (non-hydrogen) atoms. The summed E-state index contributed by atoms with van der Waals surface area (Å²) in [6.45, 7) is 3.26. The van der Waals surface area contributed by atoms with Gasteiger partial charge in [-0.05, 0) is 32.4 Å². The standard InChI is InChI=1S/C17H18F2N2O4S/c1-9(15(23)20-12-4-3-10(18)7-11(12)19)25-16(24)13-8-26-17(2)6-5-14(22)21(13)17/h3-4,7,9,13H,5-6,8H2,1-2H3,(H,20,23)/t9-,13-,17-/m0/s1. The zero-order chi connectivity index (χ0) is 19.1. The van der Waals surface area contributed by atoms with Gasteiger partial charge in [-0.15, -0.1) is 11.8 Å². The molecule has 2 amide bonds. The van der Waals surface area contributed by atoms with Crippen LogP contribution in [0.3, 0.4) is 0 Å². The van der Waals surface area contributed by atoms with Gasteiger partial charge in [0.15, 0.2) is 6.10 Å². The summed E-state index contributed by atoms with van der Waals surface area (Å²) in [6.07, 6.45) is -0.144. The van der Waals surface area contributed by atoms with E-state index < -0.39 is 40.5 Å². The molecule has 1 aromatic carbocycles. The lowest BCUT2D eigenvalue weighted by Crippen LogP contribution is -2.48. The molecule has 6 nitrogen and oxygen atoms in total. The second-order valence-electron chi connectivity index (χ2n) is 6.46. The van der Waals surface area contributed by atoms with Gasteiger partial charge in [0, 0.05) is 18.2 Å². The molecule has 2 heterocycles. The minimum Gasteiger partial charge on any atom is -0.451 e. The van der Waals surface area contributed by atoms with Gasteiger partial charge in [0.05, 0.1) is 10.6 Å². The fourth-order valence-corrected chi connectivity index (χ4v) is 4.54. The second-order valence-corrected chi connectivity index (χ2v) is 7.96. The van der Waals surface area contributed by atoms with Gasteiger partial charge in [0.1, 0.15) is 17.7 Å². The minimum atomic E-state index is -1.19. The van der Waals surface area contributed by atoms with Crippen LogP contribution in [0.4, 0.5) is 14.5 Å². The van der Waals surface area contributed by atoms with E-state index >= 15 is 0 Å². The number of ether oxygens (including phenoxy) is 1. The number of rotatable bonds is 4. The molecule has 1 aromatic rings. The van der Waals surface area contributed by atoms with Crippen LogP contribution in [0.1, 0.15) is 26.7 Å². The Bertz CT molecular complexity index is 775. The average Bonchev–Trinajstić information content (AvgIpc) is 3.06. The van der Waals surface area contributed by atoms with Crippen LogP contribution in [0.25, 0.3) is 0 Å². The number of amides is 2. The molecule has 3 rings (SSSR count). The Morgan fingerprint density at radius 3 is 2.85 bits per heavy atom. The lowest BCUT2D eigenvalue weighted by molar-refractivity contribution is -0.160. The van der Waals surface area contributed by atoms with Crippen LogP contribution in [-0.4, -0.2) is 45.5 Å². The van der Waals surface area contributed by atoms with E-state index in [1.807, 2.05) is 6.92 Å². The molecule has 0 saturated carbocycles. The van der Waals surface area contributed by atoms with Crippen molar-refractivity contribution in [3.63, 3.8) is 0 Å². The molecule has 2 aliphatic rings. The predicted octanol–water partition coefficient (Wildman–Crippen LogP) is 2.29. The van der Waals surface area contributed by atoms with E-state index in [2.05, 4.69) is 5.32 Å². The highest BCUT2D eigenvalue weighted by Gasteiger charge is 2.53. The normalized spacial score (nSPS) is 25.8. The maximum absolute atomic E-state index is 13.6. The molecule has 0 radical (unpaired) electrons. The molecule has 1 N–H and O–H groups in total. The summed E-state index contributed by atoms with van der Waals surface area (Å²) in [6, 6.07) is 1.99. The minimum absolute atomic E-state index is 0.107. The summed E-state index contributed by atoms with van der Waals surface area (Å²) in [5.41, 5.74) is -0.210. The van der Waals surface area contributed by atoms with Crippen molar-refractivity contribution in [3.05, 3.63) is 29.8 Å². The van der Waals surface area contributed by atoms with Crippen molar-refractivity contribution < 1.29 is 27.9 Å². The zero-order valence-electron chi connectivity index (χ0n) is 14.3. The highest BCUT2D eigenvalue weighted by Crippen LogP contribution is 2.47. The Morgan fingerprint density at radius 1 is 1.42 bits per heavy atom. The number of carbonyl (C=O) groups excluding carboxylic acids is 3. The van der Waals surface area contributed by atoms with Crippen molar-refractivity contribution >= 4 is 35.2 Å². The molecular weight excluding hydrogens is 366 g/mol. The SMILES string of the molecule is C[C@H](OC(=O)[C@@H]1CS[C@@]2(C)CCC(=O)N12)C(=O)Nc1ccc(F)cc1F.